The highest BCUT2D eigenvalue weighted by atomic mass is 16.6. The van der Waals surface area contributed by atoms with Gasteiger partial charge in [0, 0.05) is 19.3 Å². The molecule has 0 bridgehead atoms. The predicted octanol–water partition coefficient (Wildman–Crippen LogP) is 18.6. The third-order valence-corrected chi connectivity index (χ3v) is 11.1. The lowest BCUT2D eigenvalue weighted by Gasteiger charge is -2.18. The van der Waals surface area contributed by atoms with Crippen molar-refractivity contribution < 1.29 is 28.6 Å². The van der Waals surface area contributed by atoms with Gasteiger partial charge in [0.05, 0.1) is 0 Å². The summed E-state index contributed by atoms with van der Waals surface area (Å²) in [4.78, 5) is 38.1. The molecular formula is C63H100O6. The minimum absolute atomic E-state index is 0.111. The molecule has 69 heavy (non-hydrogen) atoms. The van der Waals surface area contributed by atoms with Gasteiger partial charge in [-0.3, -0.25) is 14.4 Å². The van der Waals surface area contributed by atoms with Gasteiger partial charge in [0.25, 0.3) is 0 Å². The summed E-state index contributed by atoms with van der Waals surface area (Å²) in [5, 5.41) is 0. The number of rotatable bonds is 48. The predicted molar refractivity (Wildman–Crippen MR) is 297 cm³/mol. The molecule has 0 radical (unpaired) electrons. The van der Waals surface area contributed by atoms with Gasteiger partial charge in [0.1, 0.15) is 13.2 Å². The first kappa shape index (κ1) is 64.5. The topological polar surface area (TPSA) is 78.9 Å². The average molecular weight is 953 g/mol. The fourth-order valence-electron chi connectivity index (χ4n) is 7.02. The molecule has 1 unspecified atom stereocenters. The van der Waals surface area contributed by atoms with E-state index in [1.165, 1.54) is 25.7 Å². The van der Waals surface area contributed by atoms with Crippen molar-refractivity contribution in [2.24, 2.45) is 0 Å². The molecule has 0 aliphatic carbocycles. The van der Waals surface area contributed by atoms with Crippen LogP contribution in [0.2, 0.25) is 0 Å². The van der Waals surface area contributed by atoms with Crippen LogP contribution in [0, 0.1) is 0 Å². The first-order valence-corrected chi connectivity index (χ1v) is 27.7. The normalized spacial score (nSPS) is 13.1. The highest BCUT2D eigenvalue weighted by Gasteiger charge is 2.19. The van der Waals surface area contributed by atoms with E-state index in [1.807, 2.05) is 0 Å². The Morgan fingerprint density at radius 3 is 0.899 bits per heavy atom. The van der Waals surface area contributed by atoms with Crippen LogP contribution in [0.5, 0.6) is 0 Å². The smallest absolute Gasteiger partial charge is 0.306 e. The van der Waals surface area contributed by atoms with Crippen LogP contribution in [-0.2, 0) is 28.6 Å². The Morgan fingerprint density at radius 2 is 0.565 bits per heavy atom. The van der Waals surface area contributed by atoms with Crippen molar-refractivity contribution in [2.45, 2.75) is 232 Å². The summed E-state index contributed by atoms with van der Waals surface area (Å²) in [5.41, 5.74) is 0. The van der Waals surface area contributed by atoms with Crippen molar-refractivity contribution in [2.75, 3.05) is 13.2 Å². The first-order valence-electron chi connectivity index (χ1n) is 27.7. The van der Waals surface area contributed by atoms with E-state index >= 15 is 0 Å². The molecule has 0 N–H and O–H groups in total. The minimum atomic E-state index is -0.816. The minimum Gasteiger partial charge on any atom is -0.462 e. The molecule has 6 heteroatoms. The largest absolute Gasteiger partial charge is 0.462 e. The quantitative estimate of drug-likeness (QED) is 0.0262. The molecule has 0 heterocycles. The molecule has 0 aromatic carbocycles. The van der Waals surface area contributed by atoms with E-state index in [0.717, 1.165) is 161 Å². The van der Waals surface area contributed by atoms with Crippen LogP contribution in [-0.4, -0.2) is 37.2 Å². The summed E-state index contributed by atoms with van der Waals surface area (Å²) in [6.07, 6.45) is 78.6. The molecule has 0 aromatic heterocycles. The number of carbonyl (C=O) groups is 3. The second kappa shape index (κ2) is 56.1. The third kappa shape index (κ3) is 54.4. The summed E-state index contributed by atoms with van der Waals surface area (Å²) < 4.78 is 16.8. The lowest BCUT2D eigenvalue weighted by molar-refractivity contribution is -0.167. The van der Waals surface area contributed by atoms with Gasteiger partial charge in [-0.25, -0.2) is 0 Å². The fourth-order valence-corrected chi connectivity index (χ4v) is 7.02. The van der Waals surface area contributed by atoms with E-state index < -0.39 is 6.10 Å². The molecule has 0 aliphatic rings. The van der Waals surface area contributed by atoms with Gasteiger partial charge in [0.15, 0.2) is 6.10 Å². The van der Waals surface area contributed by atoms with Crippen molar-refractivity contribution in [3.8, 4) is 0 Å². The lowest BCUT2D eigenvalue weighted by Crippen LogP contribution is -2.30. The number of hydrogen-bond donors (Lipinski definition) is 0. The van der Waals surface area contributed by atoms with Crippen LogP contribution in [0.4, 0.5) is 0 Å². The summed E-state index contributed by atoms with van der Waals surface area (Å²) in [6.45, 7) is 6.31. The number of carbonyl (C=O) groups excluding carboxylic acids is 3. The second-order valence-electron chi connectivity index (χ2n) is 17.7. The van der Waals surface area contributed by atoms with Crippen molar-refractivity contribution in [1.29, 1.82) is 0 Å². The Labute approximate surface area is 424 Å². The van der Waals surface area contributed by atoms with Gasteiger partial charge in [-0.05, 0) is 135 Å². The number of unbranched alkanes of at least 4 members (excludes halogenated alkanes) is 15. The number of esters is 3. The zero-order valence-electron chi connectivity index (χ0n) is 44.3. The monoisotopic (exact) mass is 953 g/mol. The third-order valence-electron chi connectivity index (χ3n) is 11.1. The number of ether oxygens (including phenoxy) is 3. The number of allylic oxidation sites excluding steroid dienone is 22. The van der Waals surface area contributed by atoms with Gasteiger partial charge >= 0.3 is 17.9 Å². The molecule has 6 nitrogen and oxygen atoms in total. The van der Waals surface area contributed by atoms with Crippen LogP contribution in [0.3, 0.4) is 0 Å². The number of hydrogen-bond acceptors (Lipinski definition) is 6. The highest BCUT2D eigenvalue weighted by Crippen LogP contribution is 2.12. The van der Waals surface area contributed by atoms with Crippen LogP contribution < -0.4 is 0 Å². The van der Waals surface area contributed by atoms with Crippen molar-refractivity contribution in [3.05, 3.63) is 134 Å². The van der Waals surface area contributed by atoms with Gasteiger partial charge < -0.3 is 14.2 Å². The molecule has 0 aliphatic heterocycles. The summed E-state index contributed by atoms with van der Waals surface area (Å²) >= 11 is 0. The van der Waals surface area contributed by atoms with E-state index in [4.69, 9.17) is 14.2 Å². The molecule has 388 valence electrons. The molecular weight excluding hydrogens is 853 g/mol. The van der Waals surface area contributed by atoms with Gasteiger partial charge in [-0.2, -0.15) is 0 Å². The maximum atomic E-state index is 12.8. The Morgan fingerprint density at radius 1 is 0.304 bits per heavy atom. The van der Waals surface area contributed by atoms with Crippen molar-refractivity contribution in [3.63, 3.8) is 0 Å². The zero-order chi connectivity index (χ0) is 50.0. The molecule has 0 fully saturated rings. The van der Waals surface area contributed by atoms with Crippen LogP contribution >= 0.6 is 0 Å². The van der Waals surface area contributed by atoms with Gasteiger partial charge in [0.2, 0.25) is 0 Å². The van der Waals surface area contributed by atoms with Crippen molar-refractivity contribution >= 4 is 17.9 Å². The maximum Gasteiger partial charge on any atom is 0.306 e. The second-order valence-corrected chi connectivity index (χ2v) is 17.7. The highest BCUT2D eigenvalue weighted by molar-refractivity contribution is 5.71. The molecule has 0 saturated heterocycles. The Balaban J connectivity index is 4.54. The summed E-state index contributed by atoms with van der Waals surface area (Å²) in [5.74, 6) is -0.987. The first-order chi connectivity index (χ1) is 34.0. The molecule has 0 saturated carbocycles. The Kier molecular flexibility index (Phi) is 52.5. The van der Waals surface area contributed by atoms with E-state index in [1.54, 1.807) is 0 Å². The maximum absolute atomic E-state index is 12.8. The van der Waals surface area contributed by atoms with E-state index in [0.29, 0.717) is 12.8 Å². The standard InChI is InChI=1S/C63H100O6/c1-4-7-10-13-16-19-22-25-28-30-31-33-35-38-41-44-47-50-53-56-62(65)68-59-60(58-67-61(64)55-52-49-46-43-40-37-34-27-24-21-18-15-12-9-6-3)69-63(66)57-54-51-48-45-42-39-36-32-29-26-23-20-17-14-11-8-5-2/h7-8,10-11,16-21,25-29,31,33-34,36,38-39,41,60H,4-6,9,12-15,22-24,30,32,35,37,40,42-59H2,1-3H3/b10-7-,11-8-,19-16-,20-17-,21-18-,28-25-,29-26-,33-31-,34-27-,39-36-,41-38-. The van der Waals surface area contributed by atoms with Crippen LogP contribution in [0.15, 0.2) is 134 Å². The van der Waals surface area contributed by atoms with Gasteiger partial charge in [-0.1, -0.05) is 206 Å². The zero-order valence-corrected chi connectivity index (χ0v) is 44.3. The van der Waals surface area contributed by atoms with E-state index in [2.05, 4.69) is 154 Å². The fraction of sp³-hybridized carbons (Fsp3) is 0.603. The summed E-state index contributed by atoms with van der Waals surface area (Å²) in [6, 6.07) is 0. The molecule has 0 amide bonds. The summed E-state index contributed by atoms with van der Waals surface area (Å²) in [7, 11) is 0. The van der Waals surface area contributed by atoms with E-state index in [9.17, 15) is 14.4 Å². The van der Waals surface area contributed by atoms with Crippen molar-refractivity contribution in [1.82, 2.24) is 0 Å². The van der Waals surface area contributed by atoms with Crippen LogP contribution in [0.25, 0.3) is 0 Å². The SMILES string of the molecule is CC/C=C\C/C=C\C/C=C\C/C=C\C/C=C\CCCCCC(=O)OCC(COC(=O)CCCCCCC/C=C\C/C=C\CCCCC)OC(=O)CCCCCC/C=C\C/C=C\C/C=C\C/C=C\CC. The average Bonchev–Trinajstić information content (AvgIpc) is 3.35. The van der Waals surface area contributed by atoms with Gasteiger partial charge in [-0.15, -0.1) is 0 Å². The molecule has 0 rings (SSSR count). The Hall–Kier alpha value is -4.45. The van der Waals surface area contributed by atoms with E-state index in [-0.39, 0.29) is 37.5 Å². The molecule has 0 aromatic rings. The molecule has 0 spiro atoms. The molecule has 1 atom stereocenters. The lowest BCUT2D eigenvalue weighted by atomic mass is 10.1. The Bertz CT molecular complexity index is 1510. The van der Waals surface area contributed by atoms with Crippen LogP contribution in [0.1, 0.15) is 226 Å².